The number of benzene rings is 1. The molecule has 0 spiro atoms. The van der Waals surface area contributed by atoms with Crippen LogP contribution < -0.4 is 0 Å². The number of hydrogen-bond acceptors (Lipinski definition) is 5. The van der Waals surface area contributed by atoms with Crippen molar-refractivity contribution >= 4 is 16.8 Å². The minimum absolute atomic E-state index is 0.0149. The van der Waals surface area contributed by atoms with Crippen LogP contribution in [0.3, 0.4) is 0 Å². The average Bonchev–Trinajstić information content (AvgIpc) is 2.67. The predicted molar refractivity (Wildman–Crippen MR) is 53.5 cm³/mol. The maximum Gasteiger partial charge on any atom is 0.271 e. The molecular weight excluding hydrogens is 214 g/mol. The third kappa shape index (κ3) is 1.77. The third-order valence-corrected chi connectivity index (χ3v) is 1.90. The first kappa shape index (κ1) is 9.94. The molecule has 1 aromatic carbocycles. The van der Waals surface area contributed by atoms with E-state index in [0.29, 0.717) is 11.1 Å². The highest BCUT2D eigenvalue weighted by molar-refractivity contribution is 5.75. The largest absolute Gasteiger partial charge is 0.441 e. The molecule has 2 aromatic rings. The summed E-state index contributed by atoms with van der Waals surface area (Å²) in [6, 6.07) is 4.09. The van der Waals surface area contributed by atoms with Gasteiger partial charge in [-0.15, -0.1) is 0 Å². The van der Waals surface area contributed by atoms with E-state index in [4.69, 9.17) is 9.95 Å². The summed E-state index contributed by atoms with van der Waals surface area (Å²) in [6.07, 6.45) is 0. The zero-order valence-corrected chi connectivity index (χ0v) is 7.90. The fourth-order valence-corrected chi connectivity index (χ4v) is 1.24. The Labute approximate surface area is 88.3 Å². The van der Waals surface area contributed by atoms with E-state index in [0.717, 1.165) is 0 Å². The summed E-state index contributed by atoms with van der Waals surface area (Å²) in [7, 11) is 0. The molecule has 8 nitrogen and oxygen atoms in total. The van der Waals surface area contributed by atoms with Crippen LogP contribution in [0.2, 0.25) is 0 Å². The van der Waals surface area contributed by atoms with Gasteiger partial charge >= 0.3 is 0 Å². The Morgan fingerprint density at radius 1 is 1.62 bits per heavy atom. The normalized spacial score (nSPS) is 10.0. The molecule has 1 heterocycles. The average molecular weight is 219 g/mol. The third-order valence-electron chi connectivity index (χ3n) is 1.90. The molecule has 2 rings (SSSR count). The second-order valence-corrected chi connectivity index (χ2v) is 2.91. The van der Waals surface area contributed by atoms with Crippen molar-refractivity contribution < 1.29 is 9.34 Å². The minimum atomic E-state index is -0.513. The van der Waals surface area contributed by atoms with Gasteiger partial charge < -0.3 is 4.42 Å². The van der Waals surface area contributed by atoms with Crippen molar-refractivity contribution in [3.8, 4) is 0 Å². The van der Waals surface area contributed by atoms with Crippen molar-refractivity contribution in [3.05, 3.63) is 44.6 Å². The highest BCUT2D eigenvalue weighted by Gasteiger charge is 2.10. The second-order valence-electron chi connectivity index (χ2n) is 2.91. The van der Waals surface area contributed by atoms with Gasteiger partial charge in [0, 0.05) is 17.0 Å². The smallest absolute Gasteiger partial charge is 0.271 e. The topological polar surface area (TPSA) is 118 Å². The van der Waals surface area contributed by atoms with Gasteiger partial charge in [0.25, 0.3) is 5.69 Å². The summed E-state index contributed by atoms with van der Waals surface area (Å²) < 4.78 is 5.21. The Kier molecular flexibility index (Phi) is 2.40. The summed E-state index contributed by atoms with van der Waals surface area (Å²) in [6.45, 7) is -0.0149. The first-order valence-corrected chi connectivity index (χ1v) is 4.25. The van der Waals surface area contributed by atoms with Crippen LogP contribution in [0.15, 0.2) is 27.7 Å². The van der Waals surface area contributed by atoms with Crippen molar-refractivity contribution in [2.75, 3.05) is 0 Å². The fourth-order valence-electron chi connectivity index (χ4n) is 1.24. The van der Waals surface area contributed by atoms with Gasteiger partial charge in [-0.1, -0.05) is 5.11 Å². The van der Waals surface area contributed by atoms with Crippen LogP contribution in [0, 0.1) is 10.1 Å². The van der Waals surface area contributed by atoms with Crippen molar-refractivity contribution in [1.29, 1.82) is 0 Å². The Morgan fingerprint density at radius 2 is 2.44 bits per heavy atom. The first-order valence-electron chi connectivity index (χ1n) is 4.25. The summed E-state index contributed by atoms with van der Waals surface area (Å²) in [5, 5.41) is 13.8. The zero-order chi connectivity index (χ0) is 11.5. The van der Waals surface area contributed by atoms with Crippen molar-refractivity contribution in [1.82, 2.24) is 4.98 Å². The molecule has 0 aliphatic rings. The van der Waals surface area contributed by atoms with E-state index in [1.165, 1.54) is 18.2 Å². The van der Waals surface area contributed by atoms with Gasteiger partial charge in [-0.2, -0.15) is 0 Å². The number of aromatic nitrogens is 1. The minimum Gasteiger partial charge on any atom is -0.441 e. The van der Waals surface area contributed by atoms with E-state index >= 15 is 0 Å². The van der Waals surface area contributed by atoms with E-state index in [1.54, 1.807) is 0 Å². The van der Waals surface area contributed by atoms with Gasteiger partial charge in [-0.25, -0.2) is 4.98 Å². The summed E-state index contributed by atoms with van der Waals surface area (Å²) in [4.78, 5) is 16.5. The molecule has 0 unspecified atom stereocenters. The second kappa shape index (κ2) is 3.87. The number of non-ortho nitro benzene ring substituents is 1. The van der Waals surface area contributed by atoms with Crippen LogP contribution in [0.25, 0.3) is 21.5 Å². The summed E-state index contributed by atoms with van der Waals surface area (Å²) in [5.41, 5.74) is 8.86. The molecule has 1 aromatic heterocycles. The van der Waals surface area contributed by atoms with Crippen molar-refractivity contribution in [3.63, 3.8) is 0 Å². The lowest BCUT2D eigenvalue weighted by atomic mass is 10.3. The number of nitrogens with zero attached hydrogens (tertiary/aromatic N) is 5. The number of oxazole rings is 1. The van der Waals surface area contributed by atoms with Crippen LogP contribution in [-0.4, -0.2) is 9.91 Å². The Hall–Kier alpha value is -2.60. The van der Waals surface area contributed by atoms with Gasteiger partial charge in [0.05, 0.1) is 4.92 Å². The maximum atomic E-state index is 10.5. The van der Waals surface area contributed by atoms with Crippen LogP contribution in [0.5, 0.6) is 0 Å². The Bertz CT molecular complexity index is 599. The van der Waals surface area contributed by atoms with Gasteiger partial charge in [0.15, 0.2) is 5.58 Å². The molecular formula is C8H5N5O3. The van der Waals surface area contributed by atoms with Crippen LogP contribution in [0.4, 0.5) is 5.69 Å². The predicted octanol–water partition coefficient (Wildman–Crippen LogP) is 2.55. The first-order chi connectivity index (χ1) is 7.70. The van der Waals surface area contributed by atoms with Crippen molar-refractivity contribution in [2.45, 2.75) is 6.54 Å². The molecule has 0 radical (unpaired) electrons. The van der Waals surface area contributed by atoms with E-state index < -0.39 is 4.92 Å². The molecule has 0 aliphatic heterocycles. The van der Waals surface area contributed by atoms with E-state index in [-0.39, 0.29) is 18.1 Å². The number of azide groups is 1. The molecule has 80 valence electrons. The molecule has 0 saturated carbocycles. The maximum absolute atomic E-state index is 10.5. The van der Waals surface area contributed by atoms with Gasteiger partial charge in [-0.3, -0.25) is 10.1 Å². The van der Waals surface area contributed by atoms with Gasteiger partial charge in [0.1, 0.15) is 12.1 Å². The molecule has 0 atom stereocenters. The standard InChI is InChI=1S/C8H5N5O3/c9-12-10-4-8-11-6-3-5(13(14)15)1-2-7(6)16-8/h1-3H,4H2. The molecule has 0 bridgehead atoms. The highest BCUT2D eigenvalue weighted by atomic mass is 16.6. The summed E-state index contributed by atoms with van der Waals surface area (Å²) in [5.74, 6) is 0.230. The highest BCUT2D eigenvalue weighted by Crippen LogP contribution is 2.21. The van der Waals surface area contributed by atoms with Crippen LogP contribution in [-0.2, 0) is 6.54 Å². The van der Waals surface area contributed by atoms with Crippen LogP contribution in [0.1, 0.15) is 5.89 Å². The zero-order valence-electron chi connectivity index (χ0n) is 7.90. The summed E-state index contributed by atoms with van der Waals surface area (Å²) >= 11 is 0. The van der Waals surface area contributed by atoms with Gasteiger partial charge in [0.2, 0.25) is 5.89 Å². The fraction of sp³-hybridized carbons (Fsp3) is 0.125. The lowest BCUT2D eigenvalue weighted by Crippen LogP contribution is -1.86. The Balaban J connectivity index is 2.45. The number of nitro groups is 1. The molecule has 0 aliphatic carbocycles. The molecule has 0 N–H and O–H groups in total. The number of hydrogen-bond donors (Lipinski definition) is 0. The van der Waals surface area contributed by atoms with Crippen molar-refractivity contribution in [2.24, 2.45) is 5.11 Å². The number of fused-ring (bicyclic) bond motifs is 1. The molecule has 8 heteroatoms. The molecule has 0 saturated heterocycles. The Morgan fingerprint density at radius 3 is 3.12 bits per heavy atom. The van der Waals surface area contributed by atoms with E-state index in [2.05, 4.69) is 15.0 Å². The molecule has 0 fully saturated rings. The lowest BCUT2D eigenvalue weighted by Gasteiger charge is -1.88. The SMILES string of the molecule is [N-]=[N+]=NCc1nc2cc([N+](=O)[O-])ccc2o1. The number of rotatable bonds is 3. The van der Waals surface area contributed by atoms with E-state index in [1.807, 2.05) is 0 Å². The lowest BCUT2D eigenvalue weighted by molar-refractivity contribution is -0.384. The quantitative estimate of drug-likeness (QED) is 0.259. The number of nitro benzene ring substituents is 1. The van der Waals surface area contributed by atoms with Gasteiger partial charge in [-0.05, 0) is 11.6 Å². The monoisotopic (exact) mass is 219 g/mol. The van der Waals surface area contributed by atoms with Crippen LogP contribution >= 0.6 is 0 Å². The molecule has 16 heavy (non-hydrogen) atoms. The van der Waals surface area contributed by atoms with E-state index in [9.17, 15) is 10.1 Å². The molecule has 0 amide bonds.